The molecule has 0 spiro atoms. The van der Waals surface area contributed by atoms with Crippen LogP contribution in [0.5, 0.6) is 0 Å². The fraction of sp³-hybridized carbons (Fsp3) is 0.188. The van der Waals surface area contributed by atoms with Crippen molar-refractivity contribution in [2.75, 3.05) is 11.1 Å². The van der Waals surface area contributed by atoms with Gasteiger partial charge in [0.05, 0.1) is 5.75 Å². The van der Waals surface area contributed by atoms with E-state index >= 15 is 0 Å². The van der Waals surface area contributed by atoms with E-state index in [9.17, 15) is 4.79 Å². The number of hydrogen-bond acceptors (Lipinski definition) is 2. The number of hydrogen-bond donors (Lipinski definition) is 1. The van der Waals surface area contributed by atoms with Crippen LogP contribution in [0.4, 0.5) is 5.69 Å². The van der Waals surface area contributed by atoms with Gasteiger partial charge < -0.3 is 5.32 Å². The summed E-state index contributed by atoms with van der Waals surface area (Å²) in [5.41, 5.74) is 2.09. The second kappa shape index (κ2) is 7.00. The number of carbonyl (C=O) groups excluding carboxylic acids is 1. The van der Waals surface area contributed by atoms with Crippen molar-refractivity contribution < 1.29 is 4.79 Å². The van der Waals surface area contributed by atoms with Crippen LogP contribution >= 0.6 is 11.8 Å². The topological polar surface area (TPSA) is 29.1 Å². The fourth-order valence-electron chi connectivity index (χ4n) is 1.80. The number of aryl methyl sites for hydroxylation is 1. The monoisotopic (exact) mass is 271 g/mol. The maximum Gasteiger partial charge on any atom is 0.234 e. The SMILES string of the molecule is CCc1ccccc1NC(=O)CSc1ccccc1. The zero-order chi connectivity index (χ0) is 13.5. The summed E-state index contributed by atoms with van der Waals surface area (Å²) in [5.74, 6) is 0.469. The van der Waals surface area contributed by atoms with Gasteiger partial charge in [0.2, 0.25) is 5.91 Å². The van der Waals surface area contributed by atoms with Crippen molar-refractivity contribution >= 4 is 23.4 Å². The molecule has 2 rings (SSSR count). The molecule has 0 radical (unpaired) electrons. The number of para-hydroxylation sites is 1. The van der Waals surface area contributed by atoms with Crippen LogP contribution in [0.1, 0.15) is 12.5 Å². The highest BCUT2D eigenvalue weighted by Crippen LogP contribution is 2.19. The van der Waals surface area contributed by atoms with Crippen molar-refractivity contribution in [3.8, 4) is 0 Å². The first kappa shape index (κ1) is 13.7. The van der Waals surface area contributed by atoms with Crippen molar-refractivity contribution in [2.24, 2.45) is 0 Å². The summed E-state index contributed by atoms with van der Waals surface area (Å²) in [6.07, 6.45) is 0.919. The maximum absolute atomic E-state index is 11.9. The molecular formula is C16H17NOS. The average Bonchev–Trinajstić information content (AvgIpc) is 2.47. The van der Waals surface area contributed by atoms with Crippen LogP contribution in [0.3, 0.4) is 0 Å². The minimum atomic E-state index is 0.0368. The molecule has 0 unspecified atom stereocenters. The Balaban J connectivity index is 1.91. The molecule has 3 heteroatoms. The summed E-state index contributed by atoms with van der Waals surface area (Å²) in [6, 6.07) is 17.9. The first-order chi connectivity index (χ1) is 9.29. The van der Waals surface area contributed by atoms with Crippen molar-refractivity contribution in [2.45, 2.75) is 18.2 Å². The van der Waals surface area contributed by atoms with Crippen molar-refractivity contribution in [1.82, 2.24) is 0 Å². The lowest BCUT2D eigenvalue weighted by molar-refractivity contribution is -0.113. The summed E-state index contributed by atoms with van der Waals surface area (Å²) < 4.78 is 0. The van der Waals surface area contributed by atoms with Crippen LogP contribution in [0.2, 0.25) is 0 Å². The third-order valence-corrected chi connectivity index (χ3v) is 3.80. The number of nitrogens with one attached hydrogen (secondary N) is 1. The zero-order valence-corrected chi connectivity index (χ0v) is 11.7. The molecule has 0 atom stereocenters. The van der Waals surface area contributed by atoms with Gasteiger partial charge in [-0.1, -0.05) is 43.3 Å². The third-order valence-electron chi connectivity index (χ3n) is 2.79. The van der Waals surface area contributed by atoms with E-state index in [1.807, 2.05) is 54.6 Å². The Kier molecular flexibility index (Phi) is 5.04. The Bertz CT molecular complexity index is 539. The molecular weight excluding hydrogens is 254 g/mol. The molecule has 0 aliphatic rings. The fourth-order valence-corrected chi connectivity index (χ4v) is 2.52. The molecule has 0 fully saturated rings. The average molecular weight is 271 g/mol. The lowest BCUT2D eigenvalue weighted by Gasteiger charge is -2.09. The molecule has 98 valence electrons. The Labute approximate surface area is 118 Å². The Morgan fingerprint density at radius 2 is 1.74 bits per heavy atom. The highest BCUT2D eigenvalue weighted by Gasteiger charge is 2.06. The van der Waals surface area contributed by atoms with Gasteiger partial charge >= 0.3 is 0 Å². The second-order valence-corrected chi connectivity index (χ2v) is 5.21. The Morgan fingerprint density at radius 3 is 2.47 bits per heavy atom. The van der Waals surface area contributed by atoms with E-state index in [1.54, 1.807) is 11.8 Å². The minimum absolute atomic E-state index is 0.0368. The van der Waals surface area contributed by atoms with Crippen LogP contribution in [-0.4, -0.2) is 11.7 Å². The minimum Gasteiger partial charge on any atom is -0.325 e. The normalized spacial score (nSPS) is 10.2. The highest BCUT2D eigenvalue weighted by molar-refractivity contribution is 8.00. The molecule has 1 amide bonds. The van der Waals surface area contributed by atoms with Gasteiger partial charge in [-0.2, -0.15) is 0 Å². The van der Waals surface area contributed by atoms with Crippen LogP contribution in [-0.2, 0) is 11.2 Å². The third kappa shape index (κ3) is 4.14. The predicted molar refractivity (Wildman–Crippen MR) is 81.6 cm³/mol. The molecule has 0 bridgehead atoms. The van der Waals surface area contributed by atoms with E-state index in [1.165, 1.54) is 5.56 Å². The molecule has 2 nitrogen and oxygen atoms in total. The van der Waals surface area contributed by atoms with Crippen LogP contribution in [0.15, 0.2) is 59.5 Å². The van der Waals surface area contributed by atoms with E-state index in [0.29, 0.717) is 5.75 Å². The number of anilines is 1. The Morgan fingerprint density at radius 1 is 1.05 bits per heavy atom. The smallest absolute Gasteiger partial charge is 0.234 e. The molecule has 2 aromatic rings. The van der Waals surface area contributed by atoms with Gasteiger partial charge in [0, 0.05) is 10.6 Å². The number of amides is 1. The molecule has 0 heterocycles. The van der Waals surface area contributed by atoms with Gasteiger partial charge in [-0.3, -0.25) is 4.79 Å². The standard InChI is InChI=1S/C16H17NOS/c1-2-13-8-6-7-11-15(13)17-16(18)12-19-14-9-4-3-5-10-14/h3-11H,2,12H2,1H3,(H,17,18). The first-order valence-electron chi connectivity index (χ1n) is 6.35. The molecule has 0 aliphatic carbocycles. The quantitative estimate of drug-likeness (QED) is 0.833. The van der Waals surface area contributed by atoms with Crippen LogP contribution < -0.4 is 5.32 Å². The van der Waals surface area contributed by atoms with Crippen molar-refractivity contribution in [1.29, 1.82) is 0 Å². The highest BCUT2D eigenvalue weighted by atomic mass is 32.2. The van der Waals surface area contributed by atoms with Crippen molar-refractivity contribution in [3.63, 3.8) is 0 Å². The van der Waals surface area contributed by atoms with Gasteiger partial charge in [-0.15, -0.1) is 11.8 Å². The van der Waals surface area contributed by atoms with Crippen molar-refractivity contribution in [3.05, 3.63) is 60.2 Å². The molecule has 2 aromatic carbocycles. The van der Waals surface area contributed by atoms with Gasteiger partial charge in [-0.25, -0.2) is 0 Å². The maximum atomic E-state index is 11.9. The van der Waals surface area contributed by atoms with E-state index in [2.05, 4.69) is 12.2 Å². The summed E-state index contributed by atoms with van der Waals surface area (Å²) in [5, 5.41) is 2.97. The van der Waals surface area contributed by atoms with Gasteiger partial charge in [0.1, 0.15) is 0 Å². The van der Waals surface area contributed by atoms with Gasteiger partial charge in [-0.05, 0) is 30.2 Å². The number of thioether (sulfide) groups is 1. The largest absolute Gasteiger partial charge is 0.325 e. The molecule has 0 aliphatic heterocycles. The first-order valence-corrected chi connectivity index (χ1v) is 7.33. The molecule has 19 heavy (non-hydrogen) atoms. The van der Waals surface area contributed by atoms with Crippen LogP contribution in [0.25, 0.3) is 0 Å². The summed E-state index contributed by atoms with van der Waals surface area (Å²) in [6.45, 7) is 2.09. The molecule has 0 saturated heterocycles. The molecule has 0 saturated carbocycles. The number of rotatable bonds is 5. The number of benzene rings is 2. The van der Waals surface area contributed by atoms with E-state index in [4.69, 9.17) is 0 Å². The van der Waals surface area contributed by atoms with E-state index in [0.717, 1.165) is 17.0 Å². The number of carbonyl (C=O) groups is 1. The Hall–Kier alpha value is -1.74. The molecule has 1 N–H and O–H groups in total. The summed E-state index contributed by atoms with van der Waals surface area (Å²) in [4.78, 5) is 13.0. The van der Waals surface area contributed by atoms with Gasteiger partial charge in [0.25, 0.3) is 0 Å². The van der Waals surface area contributed by atoms with E-state index in [-0.39, 0.29) is 5.91 Å². The lowest BCUT2D eigenvalue weighted by atomic mass is 10.1. The molecule has 0 aromatic heterocycles. The predicted octanol–water partition coefficient (Wildman–Crippen LogP) is 3.98. The van der Waals surface area contributed by atoms with Crippen LogP contribution in [0, 0.1) is 0 Å². The van der Waals surface area contributed by atoms with Gasteiger partial charge in [0.15, 0.2) is 0 Å². The second-order valence-electron chi connectivity index (χ2n) is 4.16. The summed E-state index contributed by atoms with van der Waals surface area (Å²) in [7, 11) is 0. The zero-order valence-electron chi connectivity index (χ0n) is 10.9. The van der Waals surface area contributed by atoms with E-state index < -0.39 is 0 Å². The summed E-state index contributed by atoms with van der Waals surface area (Å²) >= 11 is 1.55. The lowest BCUT2D eigenvalue weighted by Crippen LogP contribution is -2.15.